The molecule has 0 saturated carbocycles. The van der Waals surface area contributed by atoms with Gasteiger partial charge in [0, 0.05) is 24.4 Å². The first kappa shape index (κ1) is 28.3. The van der Waals surface area contributed by atoms with Crippen LogP contribution < -0.4 is 15.7 Å². The topological polar surface area (TPSA) is 197 Å². The van der Waals surface area contributed by atoms with Crippen molar-refractivity contribution in [3.63, 3.8) is 0 Å². The van der Waals surface area contributed by atoms with E-state index in [1.54, 1.807) is 19.1 Å². The molecule has 2 saturated heterocycles. The normalized spacial score (nSPS) is 35.7. The van der Waals surface area contributed by atoms with Crippen LogP contribution in [0.25, 0.3) is 11.0 Å². The summed E-state index contributed by atoms with van der Waals surface area (Å²) in [6.45, 7) is 1.37. The number of rotatable bonds is 7. The third kappa shape index (κ3) is 5.67. The van der Waals surface area contributed by atoms with Crippen molar-refractivity contribution in [3.05, 3.63) is 40.2 Å². The number of fused-ring (bicyclic) bond motifs is 1. The molecule has 1 aromatic carbocycles. The summed E-state index contributed by atoms with van der Waals surface area (Å²) in [4.78, 5) is 23.7. The number of hydrogen-bond donors (Lipinski definition) is 6. The SMILES string of the molecule is CC(=O)NC1C(O)[C@H](O[C@@H]2OC(CO)[C@H](F)[C@H](O)C2O)[C@H](CO)O[C@H]1Oc1ccc2c(C)cc(=O)oc2c1. The molecule has 2 aliphatic rings. The van der Waals surface area contributed by atoms with Crippen LogP contribution in [0.2, 0.25) is 0 Å². The first-order valence-electron chi connectivity index (χ1n) is 11.9. The number of carbonyl (C=O) groups is 1. The molecule has 4 unspecified atom stereocenters. The number of benzene rings is 1. The highest BCUT2D eigenvalue weighted by atomic mass is 19.1. The minimum Gasteiger partial charge on any atom is -0.462 e. The molecular formula is C24H30FNO12. The summed E-state index contributed by atoms with van der Waals surface area (Å²) >= 11 is 0. The second-order valence-electron chi connectivity index (χ2n) is 9.22. The molecule has 2 aliphatic heterocycles. The van der Waals surface area contributed by atoms with Crippen molar-refractivity contribution in [2.24, 2.45) is 0 Å². The van der Waals surface area contributed by atoms with Gasteiger partial charge in [-0.1, -0.05) is 0 Å². The highest BCUT2D eigenvalue weighted by molar-refractivity contribution is 5.81. The molecule has 3 heterocycles. The van der Waals surface area contributed by atoms with Crippen LogP contribution in [0.15, 0.2) is 33.5 Å². The molecule has 0 bridgehead atoms. The first-order chi connectivity index (χ1) is 18.0. The van der Waals surface area contributed by atoms with Gasteiger partial charge in [0.1, 0.15) is 54.0 Å². The van der Waals surface area contributed by atoms with Crippen molar-refractivity contribution in [3.8, 4) is 5.75 Å². The van der Waals surface area contributed by atoms with Gasteiger partial charge < -0.3 is 54.2 Å². The van der Waals surface area contributed by atoms with E-state index in [4.69, 9.17) is 23.4 Å². The summed E-state index contributed by atoms with van der Waals surface area (Å²) < 4.78 is 41.8. The van der Waals surface area contributed by atoms with E-state index in [1.807, 2.05) is 0 Å². The maximum Gasteiger partial charge on any atom is 0.336 e. The molecule has 6 N–H and O–H groups in total. The molecule has 2 aromatic rings. The van der Waals surface area contributed by atoms with E-state index in [0.717, 1.165) is 0 Å². The fourth-order valence-electron chi connectivity index (χ4n) is 4.54. The zero-order valence-electron chi connectivity index (χ0n) is 20.5. The summed E-state index contributed by atoms with van der Waals surface area (Å²) in [5.74, 6) is -0.415. The van der Waals surface area contributed by atoms with E-state index in [0.29, 0.717) is 10.9 Å². The van der Waals surface area contributed by atoms with Crippen molar-refractivity contribution >= 4 is 16.9 Å². The highest BCUT2D eigenvalue weighted by Crippen LogP contribution is 2.32. The van der Waals surface area contributed by atoms with Gasteiger partial charge in [-0.3, -0.25) is 4.79 Å². The van der Waals surface area contributed by atoms with Crippen LogP contribution >= 0.6 is 0 Å². The number of alkyl halides is 1. The molecule has 0 spiro atoms. The van der Waals surface area contributed by atoms with Crippen LogP contribution in [-0.2, 0) is 19.0 Å². The Morgan fingerprint density at radius 1 is 1.03 bits per heavy atom. The molecule has 0 aliphatic carbocycles. The predicted octanol–water partition coefficient (Wildman–Crippen LogP) is -1.77. The van der Waals surface area contributed by atoms with Crippen molar-refractivity contribution < 1.29 is 58.1 Å². The number of ether oxygens (including phenoxy) is 4. The van der Waals surface area contributed by atoms with E-state index >= 15 is 0 Å². The molecule has 210 valence electrons. The third-order valence-electron chi connectivity index (χ3n) is 6.49. The highest BCUT2D eigenvalue weighted by Gasteiger charge is 2.52. The lowest BCUT2D eigenvalue weighted by Crippen LogP contribution is -2.68. The largest absolute Gasteiger partial charge is 0.462 e. The minimum atomic E-state index is -2.10. The monoisotopic (exact) mass is 543 g/mol. The Kier molecular flexibility index (Phi) is 8.64. The number of nitrogens with one attached hydrogen (secondary N) is 1. The maximum atomic E-state index is 14.1. The lowest BCUT2D eigenvalue weighted by atomic mass is 9.95. The zero-order chi connectivity index (χ0) is 27.7. The molecule has 0 radical (unpaired) electrons. The van der Waals surface area contributed by atoms with Gasteiger partial charge in [-0.2, -0.15) is 0 Å². The van der Waals surface area contributed by atoms with Gasteiger partial charge in [0.15, 0.2) is 12.5 Å². The molecular weight excluding hydrogens is 513 g/mol. The third-order valence-corrected chi connectivity index (χ3v) is 6.49. The number of aryl methyl sites for hydroxylation is 1. The summed E-state index contributed by atoms with van der Waals surface area (Å²) in [5.41, 5.74) is 0.350. The van der Waals surface area contributed by atoms with Gasteiger partial charge in [0.05, 0.1) is 13.2 Å². The second kappa shape index (κ2) is 11.6. The van der Waals surface area contributed by atoms with Crippen molar-refractivity contribution in [1.82, 2.24) is 5.32 Å². The number of amides is 1. The molecule has 10 atom stereocenters. The van der Waals surface area contributed by atoms with Gasteiger partial charge in [0.25, 0.3) is 0 Å². The number of carbonyl (C=O) groups excluding carboxylic acids is 1. The minimum absolute atomic E-state index is 0.156. The molecule has 1 amide bonds. The first-order valence-corrected chi connectivity index (χ1v) is 11.9. The summed E-state index contributed by atoms with van der Waals surface area (Å²) in [6, 6.07) is 4.69. The Morgan fingerprint density at radius 3 is 2.37 bits per heavy atom. The molecule has 4 rings (SSSR count). The van der Waals surface area contributed by atoms with Crippen LogP contribution in [0.5, 0.6) is 5.75 Å². The summed E-state index contributed by atoms with van der Waals surface area (Å²) in [6.07, 6.45) is -15.0. The van der Waals surface area contributed by atoms with Gasteiger partial charge >= 0.3 is 5.63 Å². The number of halogens is 1. The van der Waals surface area contributed by atoms with Crippen molar-refractivity contribution in [1.29, 1.82) is 0 Å². The quantitative estimate of drug-likeness (QED) is 0.215. The number of aliphatic hydroxyl groups is 5. The molecule has 13 nitrogen and oxygen atoms in total. The van der Waals surface area contributed by atoms with E-state index in [1.165, 1.54) is 19.1 Å². The van der Waals surface area contributed by atoms with E-state index < -0.39 is 86.2 Å². The lowest BCUT2D eigenvalue weighted by molar-refractivity contribution is -0.338. The maximum absolute atomic E-state index is 14.1. The van der Waals surface area contributed by atoms with Crippen LogP contribution in [0, 0.1) is 6.92 Å². The smallest absolute Gasteiger partial charge is 0.336 e. The Bertz CT molecular complexity index is 1190. The van der Waals surface area contributed by atoms with Crippen molar-refractivity contribution in [2.75, 3.05) is 13.2 Å². The Morgan fingerprint density at radius 2 is 1.71 bits per heavy atom. The Labute approximate surface area is 215 Å². The average molecular weight is 543 g/mol. The summed E-state index contributed by atoms with van der Waals surface area (Å²) in [5, 5.41) is 53.8. The van der Waals surface area contributed by atoms with E-state index in [9.17, 15) is 39.5 Å². The van der Waals surface area contributed by atoms with Crippen LogP contribution in [0.1, 0.15) is 12.5 Å². The fraction of sp³-hybridized carbons (Fsp3) is 0.583. The Hall–Kier alpha value is -2.69. The van der Waals surface area contributed by atoms with Gasteiger partial charge in [0.2, 0.25) is 12.2 Å². The van der Waals surface area contributed by atoms with Gasteiger partial charge in [-0.05, 0) is 24.6 Å². The molecule has 14 heteroatoms. The van der Waals surface area contributed by atoms with Crippen LogP contribution in [0.4, 0.5) is 4.39 Å². The van der Waals surface area contributed by atoms with Gasteiger partial charge in [-0.25, -0.2) is 9.18 Å². The molecule has 1 aromatic heterocycles. The predicted molar refractivity (Wildman–Crippen MR) is 125 cm³/mol. The molecule has 38 heavy (non-hydrogen) atoms. The fourth-order valence-corrected chi connectivity index (χ4v) is 4.54. The number of aliphatic hydroxyl groups excluding tert-OH is 5. The average Bonchev–Trinajstić information content (AvgIpc) is 2.87. The van der Waals surface area contributed by atoms with Crippen LogP contribution in [-0.4, -0.2) is 106 Å². The van der Waals surface area contributed by atoms with Gasteiger partial charge in [-0.15, -0.1) is 0 Å². The standard InChI is InChI=1S/C24H30FNO12/c1-9-5-16(30)35-13-6-11(3-4-12(9)13)34-23-18(26-10(2)29)20(32)22(15(8-28)37-23)38-24-21(33)19(31)17(25)14(7-27)36-24/h3-6,14-15,17-24,27-28,31-33H,7-8H2,1-2H3,(H,26,29)/t14?,15-,17-,18?,19-,20?,21?,22+,23+,24-/m0/s1. The van der Waals surface area contributed by atoms with Crippen LogP contribution in [0.3, 0.4) is 0 Å². The zero-order valence-corrected chi connectivity index (χ0v) is 20.5. The van der Waals surface area contributed by atoms with E-state index in [-0.39, 0.29) is 11.3 Å². The molecule has 2 fully saturated rings. The second-order valence-corrected chi connectivity index (χ2v) is 9.22. The lowest BCUT2D eigenvalue weighted by Gasteiger charge is -2.46. The summed E-state index contributed by atoms with van der Waals surface area (Å²) in [7, 11) is 0. The van der Waals surface area contributed by atoms with Crippen molar-refractivity contribution in [2.45, 2.75) is 75.3 Å². The Balaban J connectivity index is 1.58. The number of hydrogen-bond acceptors (Lipinski definition) is 12. The van der Waals surface area contributed by atoms with E-state index in [2.05, 4.69) is 5.32 Å².